The van der Waals surface area contributed by atoms with Crippen molar-refractivity contribution < 1.29 is 23.9 Å². The number of aromatic amines is 3. The Hall–Kier alpha value is -5.79. The maximum Gasteiger partial charge on any atom is 0.261 e. The van der Waals surface area contributed by atoms with Gasteiger partial charge in [0, 0.05) is 29.1 Å². The molecule has 8 heterocycles. The summed E-state index contributed by atoms with van der Waals surface area (Å²) in [5.41, 5.74) is 5.92. The second kappa shape index (κ2) is 16.9. The monoisotopic (exact) mass is 936 g/mol. The summed E-state index contributed by atoms with van der Waals surface area (Å²) in [4.78, 5) is 93.8. The molecule has 3 N–H and O–H groups in total. The number of halogens is 1. The summed E-state index contributed by atoms with van der Waals surface area (Å²) in [5.74, 6) is 0.495. The topological polar surface area (TPSA) is 194 Å². The Morgan fingerprint density at radius 3 is 1.61 bits per heavy atom. The minimum absolute atomic E-state index is 0.229. The lowest BCUT2D eigenvalue weighted by Gasteiger charge is -2.17. The van der Waals surface area contributed by atoms with Crippen molar-refractivity contribution in [2.24, 2.45) is 0 Å². The van der Waals surface area contributed by atoms with E-state index >= 15 is 0 Å². The Morgan fingerprint density at radius 2 is 1.13 bits per heavy atom. The van der Waals surface area contributed by atoms with Crippen LogP contribution in [0.3, 0.4) is 0 Å². The van der Waals surface area contributed by atoms with Crippen LogP contribution in [-0.4, -0.2) is 133 Å². The van der Waals surface area contributed by atoms with Crippen LogP contribution in [0.5, 0.6) is 5.88 Å². The lowest BCUT2D eigenvalue weighted by Crippen LogP contribution is -2.33. The molecule has 0 aliphatic carbocycles. The van der Waals surface area contributed by atoms with Gasteiger partial charge in [0.05, 0.1) is 62.6 Å². The first-order valence-corrected chi connectivity index (χ1v) is 21.8. The van der Waals surface area contributed by atoms with Gasteiger partial charge in [0.15, 0.2) is 0 Å². The van der Waals surface area contributed by atoms with Gasteiger partial charge in [0.1, 0.15) is 11.6 Å². The predicted molar refractivity (Wildman–Crippen MR) is 237 cm³/mol. The molecule has 16 nitrogen and oxygen atoms in total. The van der Waals surface area contributed by atoms with Crippen molar-refractivity contribution in [2.45, 2.75) is 45.4 Å². The van der Waals surface area contributed by atoms with Gasteiger partial charge >= 0.3 is 0 Å². The molecular weight excluding hydrogens is 891 g/mol. The first-order valence-electron chi connectivity index (χ1n) is 20.7. The number of aromatic nitrogens is 6. The predicted octanol–water partition coefficient (Wildman–Crippen LogP) is 5.63. The molecule has 10 rings (SSSR count). The van der Waals surface area contributed by atoms with E-state index in [1.165, 1.54) is 35.5 Å². The fraction of sp³-hybridized carbons (Fsp3) is 0.364. The second-order valence-corrected chi connectivity index (χ2v) is 17.0. The van der Waals surface area contributed by atoms with E-state index in [-0.39, 0.29) is 29.2 Å². The highest BCUT2D eigenvalue weighted by molar-refractivity contribution is 14.1. The van der Waals surface area contributed by atoms with Gasteiger partial charge in [-0.15, -0.1) is 0 Å². The van der Waals surface area contributed by atoms with Gasteiger partial charge < -0.3 is 29.5 Å². The summed E-state index contributed by atoms with van der Waals surface area (Å²) in [7, 11) is 1.56. The largest absolute Gasteiger partial charge is 0.480 e. The number of hydrogen-bond acceptors (Lipinski definition) is 11. The molecule has 0 spiro atoms. The van der Waals surface area contributed by atoms with Crippen LogP contribution in [0.2, 0.25) is 0 Å². The van der Waals surface area contributed by atoms with Crippen molar-refractivity contribution in [3.63, 3.8) is 0 Å². The summed E-state index contributed by atoms with van der Waals surface area (Å²) in [6, 6.07) is 10.4. The van der Waals surface area contributed by atoms with Crippen molar-refractivity contribution in [3.05, 3.63) is 90.5 Å². The highest BCUT2D eigenvalue weighted by Gasteiger charge is 2.37. The Labute approximate surface area is 364 Å². The van der Waals surface area contributed by atoms with E-state index in [1.54, 1.807) is 49.8 Å². The molecule has 0 radical (unpaired) electrons. The maximum absolute atomic E-state index is 12.9. The number of hydrogen-bond donors (Lipinski definition) is 3. The van der Waals surface area contributed by atoms with E-state index in [0.717, 1.165) is 66.8 Å². The van der Waals surface area contributed by atoms with Crippen molar-refractivity contribution in [1.29, 1.82) is 0 Å². The number of ether oxygens (including phenoxy) is 1. The highest BCUT2D eigenvalue weighted by Crippen LogP contribution is 2.34. The molecule has 6 aromatic rings. The number of amides is 4. The number of aryl methyl sites for hydroxylation is 1. The van der Waals surface area contributed by atoms with Gasteiger partial charge in [0.2, 0.25) is 5.88 Å². The summed E-state index contributed by atoms with van der Waals surface area (Å²) in [5, 5.41) is 0. The fourth-order valence-electron chi connectivity index (χ4n) is 8.81. The molecule has 0 bridgehead atoms. The van der Waals surface area contributed by atoms with E-state index in [0.29, 0.717) is 80.5 Å². The van der Waals surface area contributed by atoms with Crippen molar-refractivity contribution in [3.8, 4) is 28.7 Å². The van der Waals surface area contributed by atoms with Crippen molar-refractivity contribution in [1.82, 2.24) is 49.5 Å². The van der Waals surface area contributed by atoms with Gasteiger partial charge in [-0.1, -0.05) is 0 Å². The molecule has 2 aromatic carbocycles. The van der Waals surface area contributed by atoms with Gasteiger partial charge in [0.25, 0.3) is 29.2 Å². The molecule has 0 saturated carbocycles. The molecular formula is C44H45IN10O6. The number of H-pyrrole nitrogens is 3. The number of carbonyl (C=O) groups excluding carboxylic acids is 4. The molecule has 2 saturated heterocycles. The third kappa shape index (κ3) is 7.74. The average molecular weight is 937 g/mol. The minimum atomic E-state index is -0.267. The molecule has 4 aliphatic heterocycles. The summed E-state index contributed by atoms with van der Waals surface area (Å²) in [6.45, 7) is 8.96. The summed E-state index contributed by atoms with van der Waals surface area (Å²) < 4.78 is 6.32. The quantitative estimate of drug-likeness (QED) is 0.108. The smallest absolute Gasteiger partial charge is 0.261 e. The van der Waals surface area contributed by atoms with Crippen molar-refractivity contribution >= 4 is 68.3 Å². The standard InChI is InChI=1S/C22H22IN5O3.C22H23N5O3/c1-31-20-18(15(23)5-6-24-20)19-25-16-11-13-14(12-17(16)26-19)22(30)28(21(13)29)10-4-9-27-7-2-3-8-27;1-13-5-6-23-20(28)18(13)19-24-16-11-14-15(12-17(16)25-19)22(30)27(21(14)29)10-4-9-26-7-2-3-8-26/h5-6,11-12H,2-4,7-10H2,1H3,(H,25,26);5-6,11-12H,2-4,7-10H2,1H3,(H,23,28)(H,24,25). The Balaban J connectivity index is 0.000000156. The first kappa shape index (κ1) is 40.6. The van der Waals surface area contributed by atoms with Crippen LogP contribution in [-0.2, 0) is 0 Å². The number of likely N-dealkylation sites (tertiary alicyclic amines) is 2. The van der Waals surface area contributed by atoms with E-state index in [2.05, 4.69) is 62.3 Å². The number of imidazole rings is 2. The number of rotatable bonds is 11. The molecule has 4 aromatic heterocycles. The molecule has 0 unspecified atom stereocenters. The van der Waals surface area contributed by atoms with E-state index in [4.69, 9.17) is 4.74 Å². The third-order valence-electron chi connectivity index (χ3n) is 12.0. The molecule has 0 atom stereocenters. The number of imide groups is 2. The molecule has 2 fully saturated rings. The Bertz CT molecular complexity index is 2680. The molecule has 314 valence electrons. The number of methoxy groups -OCH3 is 1. The van der Waals surface area contributed by atoms with Crippen LogP contribution >= 0.6 is 22.6 Å². The van der Waals surface area contributed by atoms with E-state index in [9.17, 15) is 24.0 Å². The summed E-state index contributed by atoms with van der Waals surface area (Å²) in [6.07, 6.45) is 9.76. The minimum Gasteiger partial charge on any atom is -0.480 e. The number of fused-ring (bicyclic) bond motifs is 4. The van der Waals surface area contributed by atoms with Crippen LogP contribution < -0.4 is 10.3 Å². The lowest BCUT2D eigenvalue weighted by atomic mass is 10.1. The van der Waals surface area contributed by atoms with Crippen LogP contribution in [0, 0.1) is 10.5 Å². The van der Waals surface area contributed by atoms with Crippen LogP contribution in [0.1, 0.15) is 85.5 Å². The van der Waals surface area contributed by atoms with E-state index < -0.39 is 0 Å². The fourth-order valence-corrected chi connectivity index (χ4v) is 9.46. The molecule has 61 heavy (non-hydrogen) atoms. The maximum atomic E-state index is 12.9. The second-order valence-electron chi connectivity index (χ2n) is 15.9. The zero-order valence-electron chi connectivity index (χ0n) is 34.0. The van der Waals surface area contributed by atoms with Gasteiger partial charge in [-0.05, 0) is 149 Å². The van der Waals surface area contributed by atoms with E-state index in [1.807, 2.05) is 13.0 Å². The third-order valence-corrected chi connectivity index (χ3v) is 12.9. The normalized spacial score (nSPS) is 16.6. The number of nitrogens with zero attached hydrogens (tertiary/aromatic N) is 7. The van der Waals surface area contributed by atoms with Crippen LogP contribution in [0.4, 0.5) is 0 Å². The highest BCUT2D eigenvalue weighted by atomic mass is 127. The molecule has 4 aliphatic rings. The zero-order chi connectivity index (χ0) is 42.4. The Kier molecular flexibility index (Phi) is 11.3. The zero-order valence-corrected chi connectivity index (χ0v) is 36.1. The lowest BCUT2D eigenvalue weighted by molar-refractivity contribution is 0.0633. The molecule has 17 heteroatoms. The van der Waals surface area contributed by atoms with Crippen LogP contribution in [0.25, 0.3) is 44.8 Å². The number of nitrogens with one attached hydrogen (secondary N) is 3. The number of pyridine rings is 2. The van der Waals surface area contributed by atoms with Gasteiger partial charge in [-0.25, -0.2) is 15.0 Å². The van der Waals surface area contributed by atoms with Gasteiger partial charge in [-0.2, -0.15) is 0 Å². The SMILES string of the molecule is COc1nccc(I)c1-c1nc2cc3c(cc2[nH]1)C(=O)N(CCCN1CCCC1)C3=O.Cc1cc[nH]c(=O)c1-c1nc2cc3c(cc2[nH]1)C(=O)N(CCCN1CCCC1)C3=O. The average Bonchev–Trinajstić information content (AvgIpc) is 4.13. The first-order chi connectivity index (χ1) is 29.6. The summed E-state index contributed by atoms with van der Waals surface area (Å²) >= 11 is 2.21. The van der Waals surface area contributed by atoms with Crippen LogP contribution in [0.15, 0.2) is 53.6 Å². The number of carbonyl (C=O) groups is 4. The number of benzene rings is 2. The van der Waals surface area contributed by atoms with Gasteiger partial charge in [-0.3, -0.25) is 33.8 Å². The van der Waals surface area contributed by atoms with Crippen molar-refractivity contribution in [2.75, 3.05) is 59.5 Å². The molecule has 4 amide bonds. The Morgan fingerprint density at radius 1 is 0.656 bits per heavy atom.